The molecular weight excluding hydrogens is 354 g/mol. The summed E-state index contributed by atoms with van der Waals surface area (Å²) in [6, 6.07) is 10.7. The highest BCUT2D eigenvalue weighted by molar-refractivity contribution is 8.01. The van der Waals surface area contributed by atoms with E-state index in [0.29, 0.717) is 4.75 Å². The first kappa shape index (κ1) is 20.5. The molecule has 1 aliphatic heterocycles. The first-order valence-corrected chi connectivity index (χ1v) is 11.2. The van der Waals surface area contributed by atoms with E-state index in [1.54, 1.807) is 0 Å². The lowest BCUT2D eigenvalue weighted by Gasteiger charge is -2.21. The van der Waals surface area contributed by atoms with Crippen LogP contribution >= 0.6 is 11.8 Å². The molecule has 1 saturated carbocycles. The topological polar surface area (TPSA) is 42.9 Å². The van der Waals surface area contributed by atoms with Gasteiger partial charge in [0, 0.05) is 42.4 Å². The Bertz CT molecular complexity index is 587. The van der Waals surface area contributed by atoms with Crippen molar-refractivity contribution in [1.29, 1.82) is 0 Å². The molecule has 0 spiro atoms. The lowest BCUT2D eigenvalue weighted by Crippen LogP contribution is -2.42. The molecule has 5 nitrogen and oxygen atoms in total. The van der Waals surface area contributed by atoms with Crippen LogP contribution in [0.1, 0.15) is 26.2 Å². The van der Waals surface area contributed by atoms with Gasteiger partial charge in [0.05, 0.1) is 6.54 Å². The van der Waals surface area contributed by atoms with Crippen molar-refractivity contribution in [2.75, 3.05) is 59.4 Å². The second-order valence-electron chi connectivity index (χ2n) is 7.72. The lowest BCUT2D eigenvalue weighted by atomic mass is 10.4. The molecule has 0 atom stereocenters. The van der Waals surface area contributed by atoms with Gasteiger partial charge in [-0.15, -0.1) is 11.8 Å². The average Bonchev–Trinajstić information content (AvgIpc) is 3.46. The average molecular weight is 390 g/mol. The summed E-state index contributed by atoms with van der Waals surface area (Å²) in [7, 11) is 2.22. The Hall–Kier alpha value is -1.24. The van der Waals surface area contributed by atoms with Gasteiger partial charge in [-0.25, -0.2) is 0 Å². The molecule has 3 rings (SSSR count). The van der Waals surface area contributed by atoms with Gasteiger partial charge in [0.2, 0.25) is 0 Å². The third kappa shape index (κ3) is 7.01. The Balaban J connectivity index is 1.45. The van der Waals surface area contributed by atoms with Gasteiger partial charge in [-0.05, 0) is 58.5 Å². The molecule has 0 bridgehead atoms. The third-order valence-corrected chi connectivity index (χ3v) is 6.77. The normalized spacial score (nSPS) is 20.9. The number of benzene rings is 1. The molecule has 1 saturated heterocycles. The molecular formula is C21H35N5S. The summed E-state index contributed by atoms with van der Waals surface area (Å²) in [5.74, 6) is 0.962. The number of thioether (sulfide) groups is 1. The highest BCUT2D eigenvalue weighted by Gasteiger charge is 2.43. The van der Waals surface area contributed by atoms with Crippen LogP contribution in [0.5, 0.6) is 0 Å². The summed E-state index contributed by atoms with van der Waals surface area (Å²) in [5, 5.41) is 6.95. The minimum atomic E-state index is 0.305. The first-order valence-electron chi connectivity index (χ1n) is 10.4. The van der Waals surface area contributed by atoms with Gasteiger partial charge in [0.25, 0.3) is 0 Å². The van der Waals surface area contributed by atoms with Crippen LogP contribution in [-0.2, 0) is 0 Å². The van der Waals surface area contributed by atoms with E-state index in [9.17, 15) is 0 Å². The molecule has 2 N–H and O–H groups in total. The van der Waals surface area contributed by atoms with E-state index in [0.717, 1.165) is 32.1 Å². The maximum Gasteiger partial charge on any atom is 0.191 e. The number of hydrogen-bond donors (Lipinski definition) is 2. The highest BCUT2D eigenvalue weighted by Crippen LogP contribution is 2.51. The molecule has 1 heterocycles. The molecule has 0 aromatic heterocycles. The highest BCUT2D eigenvalue weighted by atomic mass is 32.2. The van der Waals surface area contributed by atoms with Gasteiger partial charge >= 0.3 is 0 Å². The van der Waals surface area contributed by atoms with Gasteiger partial charge in [0.15, 0.2) is 5.96 Å². The molecule has 27 heavy (non-hydrogen) atoms. The fourth-order valence-corrected chi connectivity index (χ4v) is 4.62. The standard InChI is InChI=1S/C21H35N5S/c1-3-22-20(23-12-15-26-14-7-13-25(2)16-17-26)24-18-21(10-11-21)27-19-8-5-4-6-9-19/h4-6,8-9H,3,7,10-18H2,1-2H3,(H2,22,23,24). The maximum atomic E-state index is 4.90. The van der Waals surface area contributed by atoms with Crippen molar-refractivity contribution in [2.45, 2.75) is 35.8 Å². The monoisotopic (exact) mass is 389 g/mol. The van der Waals surface area contributed by atoms with Crippen molar-refractivity contribution in [3.63, 3.8) is 0 Å². The number of likely N-dealkylation sites (N-methyl/N-ethyl adjacent to an activating group) is 1. The summed E-state index contributed by atoms with van der Waals surface area (Å²) in [4.78, 5) is 11.3. The van der Waals surface area contributed by atoms with Gasteiger partial charge < -0.3 is 20.4 Å². The zero-order valence-corrected chi connectivity index (χ0v) is 17.7. The minimum Gasteiger partial charge on any atom is -0.357 e. The third-order valence-electron chi connectivity index (χ3n) is 5.29. The van der Waals surface area contributed by atoms with Crippen LogP contribution in [0.3, 0.4) is 0 Å². The van der Waals surface area contributed by atoms with Gasteiger partial charge in [-0.2, -0.15) is 0 Å². The molecule has 0 amide bonds. The fourth-order valence-electron chi connectivity index (χ4n) is 3.39. The van der Waals surface area contributed by atoms with Gasteiger partial charge in [-0.1, -0.05) is 18.2 Å². The number of aliphatic imine (C=N–C) groups is 1. The zero-order valence-electron chi connectivity index (χ0n) is 16.9. The summed E-state index contributed by atoms with van der Waals surface area (Å²) >= 11 is 1.99. The number of hydrogen-bond acceptors (Lipinski definition) is 4. The summed E-state index contributed by atoms with van der Waals surface area (Å²) < 4.78 is 0.305. The van der Waals surface area contributed by atoms with Crippen molar-refractivity contribution in [3.05, 3.63) is 30.3 Å². The van der Waals surface area contributed by atoms with Crippen LogP contribution in [0.25, 0.3) is 0 Å². The second kappa shape index (κ2) is 10.3. The van der Waals surface area contributed by atoms with Crippen molar-refractivity contribution in [3.8, 4) is 0 Å². The van der Waals surface area contributed by atoms with E-state index in [1.165, 1.54) is 50.3 Å². The predicted octanol–water partition coefficient (Wildman–Crippen LogP) is 2.50. The Labute approximate surface area is 169 Å². The van der Waals surface area contributed by atoms with Gasteiger partial charge in [-0.3, -0.25) is 4.99 Å². The molecule has 0 radical (unpaired) electrons. The zero-order chi connectivity index (χ0) is 19.0. The molecule has 2 aliphatic rings. The van der Waals surface area contributed by atoms with E-state index >= 15 is 0 Å². The van der Waals surface area contributed by atoms with Crippen molar-refractivity contribution < 1.29 is 0 Å². The van der Waals surface area contributed by atoms with Crippen LogP contribution in [0, 0.1) is 0 Å². The van der Waals surface area contributed by atoms with E-state index < -0.39 is 0 Å². The number of rotatable bonds is 8. The lowest BCUT2D eigenvalue weighted by molar-refractivity contribution is 0.280. The van der Waals surface area contributed by atoms with Crippen LogP contribution < -0.4 is 10.6 Å². The molecule has 0 unspecified atom stereocenters. The van der Waals surface area contributed by atoms with E-state index in [1.807, 2.05) is 11.8 Å². The van der Waals surface area contributed by atoms with E-state index in [2.05, 4.69) is 64.7 Å². The van der Waals surface area contributed by atoms with Crippen LogP contribution in [0.15, 0.2) is 40.2 Å². The minimum absolute atomic E-state index is 0.305. The van der Waals surface area contributed by atoms with Crippen molar-refractivity contribution in [1.82, 2.24) is 20.4 Å². The van der Waals surface area contributed by atoms with E-state index in [-0.39, 0.29) is 0 Å². The van der Waals surface area contributed by atoms with Crippen molar-refractivity contribution >= 4 is 17.7 Å². The molecule has 150 valence electrons. The fraction of sp³-hybridized carbons (Fsp3) is 0.667. The Morgan fingerprint density at radius 2 is 1.93 bits per heavy atom. The van der Waals surface area contributed by atoms with Crippen LogP contribution in [0.4, 0.5) is 0 Å². The summed E-state index contributed by atoms with van der Waals surface area (Å²) in [6.07, 6.45) is 3.79. The molecule has 2 fully saturated rings. The smallest absolute Gasteiger partial charge is 0.191 e. The first-order chi connectivity index (χ1) is 13.2. The maximum absolute atomic E-state index is 4.90. The van der Waals surface area contributed by atoms with Crippen LogP contribution in [-0.4, -0.2) is 79.9 Å². The largest absolute Gasteiger partial charge is 0.357 e. The van der Waals surface area contributed by atoms with Crippen LogP contribution in [0.2, 0.25) is 0 Å². The molecule has 6 heteroatoms. The molecule has 1 aromatic rings. The summed E-state index contributed by atoms with van der Waals surface area (Å²) in [5.41, 5.74) is 0. The summed E-state index contributed by atoms with van der Waals surface area (Å²) in [6.45, 7) is 10.7. The Morgan fingerprint density at radius 1 is 1.11 bits per heavy atom. The van der Waals surface area contributed by atoms with Crippen molar-refractivity contribution in [2.24, 2.45) is 4.99 Å². The van der Waals surface area contributed by atoms with E-state index in [4.69, 9.17) is 4.99 Å². The molecule has 1 aliphatic carbocycles. The second-order valence-corrected chi connectivity index (χ2v) is 9.26. The SMILES string of the molecule is CCNC(=NCC1(Sc2ccccc2)CC1)NCCN1CCCN(C)CC1. The molecule has 1 aromatic carbocycles. The predicted molar refractivity (Wildman–Crippen MR) is 117 cm³/mol. The quantitative estimate of drug-likeness (QED) is 0.528. The Kier molecular flexibility index (Phi) is 7.85. The Morgan fingerprint density at radius 3 is 2.67 bits per heavy atom. The van der Waals surface area contributed by atoms with Gasteiger partial charge in [0.1, 0.15) is 0 Å². The number of nitrogens with zero attached hydrogens (tertiary/aromatic N) is 3. The number of guanidine groups is 1. The number of nitrogens with one attached hydrogen (secondary N) is 2.